The van der Waals surface area contributed by atoms with Gasteiger partial charge in [-0.2, -0.15) is 9.60 Å². The molecule has 0 spiro atoms. The molecule has 3 aromatic carbocycles. The molecule has 44 heavy (non-hydrogen) atoms. The predicted octanol–water partition coefficient (Wildman–Crippen LogP) is 6.61. The van der Waals surface area contributed by atoms with Crippen LogP contribution in [0.4, 0.5) is 8.78 Å². The van der Waals surface area contributed by atoms with E-state index in [-0.39, 0.29) is 18.8 Å². The minimum absolute atomic E-state index is 0.0858. The van der Waals surface area contributed by atoms with Gasteiger partial charge in [-0.3, -0.25) is 4.79 Å². The molecule has 5 aromatic rings. The Morgan fingerprint density at radius 1 is 0.977 bits per heavy atom. The number of fused-ring (bicyclic) bond motifs is 1. The fourth-order valence-corrected chi connectivity index (χ4v) is 5.12. The number of benzene rings is 3. The van der Waals surface area contributed by atoms with Crippen LogP contribution in [0.2, 0.25) is 0 Å². The maximum atomic E-state index is 13.7. The molecule has 0 atom stereocenters. The lowest BCUT2D eigenvalue weighted by Crippen LogP contribution is -2.05. The van der Waals surface area contributed by atoms with Crippen LogP contribution in [-0.2, 0) is 17.8 Å². The minimum Gasteiger partial charge on any atom is -0.494 e. The van der Waals surface area contributed by atoms with Crippen LogP contribution in [0.15, 0.2) is 60.7 Å². The van der Waals surface area contributed by atoms with E-state index in [1.807, 2.05) is 43.3 Å². The van der Waals surface area contributed by atoms with E-state index in [0.717, 1.165) is 45.1 Å². The van der Waals surface area contributed by atoms with Crippen LogP contribution in [0, 0.1) is 18.6 Å². The van der Waals surface area contributed by atoms with E-state index in [4.69, 9.17) is 14.6 Å². The summed E-state index contributed by atoms with van der Waals surface area (Å²) in [7, 11) is 0. The van der Waals surface area contributed by atoms with Crippen LogP contribution >= 0.6 is 0 Å². The second kappa shape index (κ2) is 14.4. The molecule has 0 aliphatic heterocycles. The Hall–Kier alpha value is -5.06. The van der Waals surface area contributed by atoms with Gasteiger partial charge in [-0.05, 0) is 73.6 Å². The second-order valence-electron chi connectivity index (χ2n) is 10.3. The lowest BCUT2D eigenvalue weighted by Gasteiger charge is -2.09. The van der Waals surface area contributed by atoms with Crippen molar-refractivity contribution < 1.29 is 28.2 Å². The lowest BCUT2D eigenvalue weighted by atomic mass is 10.0. The number of unbranched alkanes of at least 4 members (excludes halogenated alkanes) is 1. The van der Waals surface area contributed by atoms with Gasteiger partial charge in [-0.25, -0.2) is 4.39 Å². The number of aromatic amines is 1. The molecule has 0 aliphatic rings. The highest BCUT2D eigenvalue weighted by Crippen LogP contribution is 2.31. The predicted molar refractivity (Wildman–Crippen MR) is 162 cm³/mol. The molecular weight excluding hydrogens is 568 g/mol. The molecule has 0 bridgehead atoms. The normalized spacial score (nSPS) is 11.4. The molecular formula is C33H33F2N5O4. The van der Waals surface area contributed by atoms with Crippen molar-refractivity contribution in [1.29, 1.82) is 0 Å². The van der Waals surface area contributed by atoms with E-state index in [1.165, 1.54) is 12.1 Å². The van der Waals surface area contributed by atoms with Gasteiger partial charge in [0.1, 0.15) is 5.75 Å². The second-order valence-corrected chi connectivity index (χ2v) is 10.3. The van der Waals surface area contributed by atoms with E-state index in [9.17, 15) is 13.6 Å². The smallest absolute Gasteiger partial charge is 0.303 e. The van der Waals surface area contributed by atoms with Crippen molar-refractivity contribution in [2.24, 2.45) is 0 Å². The first kappa shape index (κ1) is 30.4. The number of halogens is 2. The Morgan fingerprint density at radius 2 is 1.75 bits per heavy atom. The van der Waals surface area contributed by atoms with Crippen LogP contribution in [0.25, 0.3) is 23.1 Å². The number of H-pyrrole nitrogens is 1. The highest BCUT2D eigenvalue weighted by Gasteiger charge is 2.18. The molecule has 0 aliphatic carbocycles. The number of ether oxygens (including phenoxy) is 2. The van der Waals surface area contributed by atoms with Gasteiger partial charge in [0.2, 0.25) is 5.82 Å². The van der Waals surface area contributed by atoms with Gasteiger partial charge in [0.05, 0.1) is 25.3 Å². The van der Waals surface area contributed by atoms with Crippen LogP contribution < -0.4 is 9.47 Å². The molecule has 2 aromatic heterocycles. The Balaban J connectivity index is 1.22. The summed E-state index contributed by atoms with van der Waals surface area (Å²) in [6.45, 7) is 3.21. The van der Waals surface area contributed by atoms with Crippen LogP contribution in [0.1, 0.15) is 53.9 Å². The molecule has 0 fully saturated rings. The van der Waals surface area contributed by atoms with Gasteiger partial charge < -0.3 is 19.1 Å². The van der Waals surface area contributed by atoms with Crippen LogP contribution in [-0.4, -0.2) is 49.5 Å². The number of carbonyl (C=O) groups is 1. The van der Waals surface area contributed by atoms with Crippen molar-refractivity contribution in [1.82, 2.24) is 25.2 Å². The fourth-order valence-electron chi connectivity index (χ4n) is 5.12. The molecule has 228 valence electrons. The number of tetrazole rings is 1. The topological polar surface area (TPSA) is 115 Å². The SMILES string of the molecule is Cc1c(CCCC(=O)O)c2cccc(/C=C/c3ccc(OCCCCOc4cccc(F)c4F)cc3)c2n1Cc1nn[nH]n1. The number of hydrogen-bond donors (Lipinski definition) is 2. The molecule has 0 unspecified atom stereocenters. The largest absolute Gasteiger partial charge is 0.494 e. The molecule has 0 amide bonds. The highest BCUT2D eigenvalue weighted by molar-refractivity contribution is 5.94. The minimum atomic E-state index is -0.972. The number of nitrogens with one attached hydrogen (secondary N) is 1. The van der Waals surface area contributed by atoms with E-state index in [0.29, 0.717) is 44.7 Å². The average Bonchev–Trinajstić information content (AvgIpc) is 3.63. The zero-order valence-electron chi connectivity index (χ0n) is 24.3. The van der Waals surface area contributed by atoms with Gasteiger partial charge in [-0.1, -0.05) is 53.8 Å². The maximum absolute atomic E-state index is 13.7. The Kier molecular flexibility index (Phi) is 9.96. The van der Waals surface area contributed by atoms with Crippen molar-refractivity contribution in [2.75, 3.05) is 13.2 Å². The molecule has 0 radical (unpaired) electrons. The zero-order valence-corrected chi connectivity index (χ0v) is 24.3. The van der Waals surface area contributed by atoms with E-state index in [1.54, 1.807) is 0 Å². The summed E-state index contributed by atoms with van der Waals surface area (Å²) in [5.74, 6) is -1.49. The quantitative estimate of drug-likeness (QED) is 0.103. The Bertz CT molecular complexity index is 1730. The third-order valence-corrected chi connectivity index (χ3v) is 7.33. The summed E-state index contributed by atoms with van der Waals surface area (Å²) in [5, 5.41) is 24.7. The monoisotopic (exact) mass is 601 g/mol. The van der Waals surface area contributed by atoms with Crippen molar-refractivity contribution in [3.63, 3.8) is 0 Å². The average molecular weight is 602 g/mol. The fraction of sp³-hybridized carbons (Fsp3) is 0.273. The summed E-state index contributed by atoms with van der Waals surface area (Å²) in [4.78, 5) is 11.1. The van der Waals surface area contributed by atoms with Gasteiger partial charge in [0, 0.05) is 17.5 Å². The summed E-state index contributed by atoms with van der Waals surface area (Å²) in [6.07, 6.45) is 6.75. The first-order valence-corrected chi connectivity index (χ1v) is 14.4. The first-order valence-electron chi connectivity index (χ1n) is 14.4. The molecule has 2 N–H and O–H groups in total. The summed E-state index contributed by atoms with van der Waals surface area (Å²) in [5.41, 5.74) is 5.20. The molecule has 9 nitrogen and oxygen atoms in total. The van der Waals surface area contributed by atoms with Crippen LogP contribution in [0.3, 0.4) is 0 Å². The van der Waals surface area contributed by atoms with Crippen LogP contribution in [0.5, 0.6) is 11.5 Å². The van der Waals surface area contributed by atoms with Gasteiger partial charge in [0.25, 0.3) is 0 Å². The number of aliphatic carboxylic acids is 1. The molecule has 2 heterocycles. The van der Waals surface area contributed by atoms with E-state index < -0.39 is 17.6 Å². The number of rotatable bonds is 15. The summed E-state index contributed by atoms with van der Waals surface area (Å²) >= 11 is 0. The molecule has 5 rings (SSSR count). The number of carboxylic acids is 1. The van der Waals surface area contributed by atoms with Crippen molar-refractivity contribution in [3.8, 4) is 11.5 Å². The van der Waals surface area contributed by atoms with E-state index >= 15 is 0 Å². The number of nitrogens with zero attached hydrogens (tertiary/aromatic N) is 4. The lowest BCUT2D eigenvalue weighted by molar-refractivity contribution is -0.137. The standard InChI is InChI=1S/C33H33F2N5O4/c1-22-26(8-5-12-31(41)42)27-9-4-7-24(33(27)40(22)21-30-36-38-39-37-30)16-13-23-14-17-25(18-15-23)43-19-2-3-20-44-29-11-6-10-28(34)32(29)35/h4,6-7,9-11,13-18H,2-3,5,8,12,19-21H2,1H3,(H,41,42)(H,36,37,38,39)/b16-13+. The van der Waals surface area contributed by atoms with Gasteiger partial charge in [0.15, 0.2) is 17.4 Å². The van der Waals surface area contributed by atoms with Crippen molar-refractivity contribution >= 4 is 29.0 Å². The van der Waals surface area contributed by atoms with Crippen molar-refractivity contribution in [3.05, 3.63) is 101 Å². The van der Waals surface area contributed by atoms with Gasteiger partial charge >= 0.3 is 5.97 Å². The van der Waals surface area contributed by atoms with Gasteiger partial charge in [-0.15, -0.1) is 10.2 Å². The third kappa shape index (κ3) is 7.47. The number of aryl methyl sites for hydroxylation is 1. The molecule has 0 saturated carbocycles. The maximum Gasteiger partial charge on any atom is 0.303 e. The Labute approximate surface area is 253 Å². The number of carboxylic acid groups (broad SMARTS) is 1. The first-order chi connectivity index (χ1) is 21.4. The molecule has 0 saturated heterocycles. The Morgan fingerprint density at radius 3 is 2.50 bits per heavy atom. The number of para-hydroxylation sites is 1. The molecule has 11 heteroatoms. The number of hydrogen-bond acceptors (Lipinski definition) is 6. The van der Waals surface area contributed by atoms with Crippen molar-refractivity contribution in [2.45, 2.75) is 45.6 Å². The summed E-state index contributed by atoms with van der Waals surface area (Å²) in [6, 6.07) is 17.8. The highest BCUT2D eigenvalue weighted by atomic mass is 19.2. The third-order valence-electron chi connectivity index (χ3n) is 7.33. The zero-order chi connectivity index (χ0) is 30.9. The van der Waals surface area contributed by atoms with E-state index in [2.05, 4.69) is 43.4 Å². The summed E-state index contributed by atoms with van der Waals surface area (Å²) < 4.78 is 40.3. The number of aromatic nitrogens is 5.